The Morgan fingerprint density at radius 3 is 0.980 bits per heavy atom. The Labute approximate surface area is 859 Å². The summed E-state index contributed by atoms with van der Waals surface area (Å²) in [6, 6.07) is 34.5. The van der Waals surface area contributed by atoms with E-state index >= 15 is 39.5 Å². The average Bonchev–Trinajstić information content (AvgIpc) is 1.56. The topological polar surface area (TPSA) is 187 Å². The Bertz CT molecular complexity index is 6350. The van der Waals surface area contributed by atoms with Crippen LogP contribution in [-0.4, -0.2) is 281 Å². The number of carbonyl (C=O) groups excluding carboxylic acids is 1. The van der Waals surface area contributed by atoms with Gasteiger partial charge < -0.3 is 54.0 Å². The number of rotatable bonds is 34. The molecule has 32 heteroatoms. The highest BCUT2D eigenvalue weighted by molar-refractivity contribution is 5.89. The number of aliphatic hydroxyl groups excluding tert-OH is 2. The summed E-state index contributed by atoms with van der Waals surface area (Å²) < 4.78 is 206. The molecule has 4 fully saturated rings. The van der Waals surface area contributed by atoms with Crippen LogP contribution in [0.15, 0.2) is 140 Å². The first-order valence-electron chi connectivity index (χ1n) is 52.5. The molecule has 0 spiro atoms. The number of amides is 1. The Balaban J connectivity index is 0.000000135. The van der Waals surface area contributed by atoms with Crippen molar-refractivity contribution >= 4 is 49.5 Å². The maximum absolute atomic E-state index is 15.8. The summed E-state index contributed by atoms with van der Waals surface area (Å²) in [5.74, 6) is -3.37. The molecule has 1 amide bonds. The number of ether oxygens (including phenoxy) is 4. The fourth-order valence-corrected chi connectivity index (χ4v) is 23.1. The zero-order valence-corrected chi connectivity index (χ0v) is 87.4. The van der Waals surface area contributed by atoms with E-state index < -0.39 is 99.9 Å². The van der Waals surface area contributed by atoms with E-state index in [4.69, 9.17) is 18.9 Å². The Morgan fingerprint density at radius 2 is 0.669 bits per heavy atom. The number of para-hydroxylation sites is 4. The van der Waals surface area contributed by atoms with Gasteiger partial charge in [-0.15, -0.1) is 0 Å². The van der Waals surface area contributed by atoms with Gasteiger partial charge in [-0.05, 0) is 138 Å². The van der Waals surface area contributed by atoms with Crippen molar-refractivity contribution in [1.82, 2.24) is 64.0 Å². The zero-order valence-electron chi connectivity index (χ0n) is 87.4. The fraction of sp³-hybridized carbons (Fsp3) is 0.509. The summed E-state index contributed by atoms with van der Waals surface area (Å²) in [6.45, 7) is 33.5. The number of aliphatic hydroxyl groups is 2. The molecule has 9 atom stereocenters. The largest absolute Gasteiger partial charge is 0.492 e. The predicted octanol–water partition coefficient (Wildman–Crippen LogP) is 21.3. The van der Waals surface area contributed by atoms with Gasteiger partial charge in [0.1, 0.15) is 113 Å². The third-order valence-corrected chi connectivity index (χ3v) is 31.5. The molecule has 20 rings (SSSR count). The second-order valence-corrected chi connectivity index (χ2v) is 44.3. The van der Waals surface area contributed by atoms with Crippen molar-refractivity contribution < 1.29 is 86.6 Å². The van der Waals surface area contributed by atoms with Crippen molar-refractivity contribution in [2.24, 2.45) is 29.1 Å². The standard InChI is InChI=1S/C29H35F4N3O.2C29H36F3N3O2.C29H36F2N4O2/c1-5-18-14-35(15-18)9-10-37-19-12-23(31)25(24(32)13-19)28-27-21(11-17(2)36(28)16-29(3,4)33)20-7-6-8-22(30)26(20)34-27;1-18-10-22-21-6-4-5-7-25(21)33-27(22)28(35(18)16-29(2,3)17-36)26-23(31)11-20(12-24(26)32)37-9-8-34-14-19(13-30)15-34;1-4-19-14-34(15-19)9-10-37-20-12-23(30)26(24(31)13-20)28-27-22(21-7-5-6-8-25(21)33-27)11-18(2)35(28)16-29(3,32)17-36;1-5-19-15-34(16-19)10-11-37-20-13-23(30)27(24(31)14-20)29-28-22(21-8-6-7-9-25(21)32-28)12-18(2)35(29)17-26(36)33(3)4/h6-8,12-13,17-18,28,34H,5,9-11,14-16H2,1-4H3;4-7,11-12,18-19,28,33,36H,8-10,13-17H2,1-3H3;5-8,12-13,18-19,28,33,36H,4,9-11,14-17H2,1-3H3;6-9,13-14,18-19,29,32H,5,10-12,15-17H2,1-4H3/t17-,28-;18-,28-;18-,28-,29?;18-,29-/m1111/s1. The van der Waals surface area contributed by atoms with Gasteiger partial charge in [0.2, 0.25) is 5.91 Å². The molecule has 8 aromatic carbocycles. The van der Waals surface area contributed by atoms with E-state index in [1.807, 2.05) is 112 Å². The summed E-state index contributed by atoms with van der Waals surface area (Å²) >= 11 is 0. The van der Waals surface area contributed by atoms with Gasteiger partial charge in [0, 0.05) is 286 Å². The molecule has 798 valence electrons. The molecule has 0 saturated carbocycles. The van der Waals surface area contributed by atoms with Crippen LogP contribution in [0, 0.1) is 81.4 Å². The molecule has 6 N–H and O–H groups in total. The number of likely N-dealkylation sites (N-methyl/N-ethyl adjacent to an activating group) is 1. The zero-order chi connectivity index (χ0) is 105. The van der Waals surface area contributed by atoms with E-state index in [2.05, 4.69) is 72.1 Å². The van der Waals surface area contributed by atoms with Gasteiger partial charge in [-0.1, -0.05) is 121 Å². The summed E-state index contributed by atoms with van der Waals surface area (Å²) in [5.41, 5.74) is 5.20. The average molecular weight is 2060 g/mol. The van der Waals surface area contributed by atoms with Crippen LogP contribution in [-0.2, 0) is 30.5 Å². The highest BCUT2D eigenvalue weighted by Crippen LogP contribution is 2.51. The van der Waals surface area contributed by atoms with Crippen molar-refractivity contribution in [3.05, 3.63) is 259 Å². The highest BCUT2D eigenvalue weighted by Gasteiger charge is 2.48. The number of nitrogens with one attached hydrogen (secondary N) is 4. The fourth-order valence-electron chi connectivity index (χ4n) is 23.1. The molecule has 20 nitrogen and oxygen atoms in total. The molecule has 0 aliphatic carbocycles. The molecule has 4 saturated heterocycles. The number of hydrogen-bond donors (Lipinski definition) is 6. The highest BCUT2D eigenvalue weighted by atomic mass is 19.2. The van der Waals surface area contributed by atoms with Crippen molar-refractivity contribution in [3.8, 4) is 23.0 Å². The maximum atomic E-state index is 15.8. The third-order valence-electron chi connectivity index (χ3n) is 31.5. The van der Waals surface area contributed by atoms with Crippen LogP contribution in [0.2, 0.25) is 0 Å². The van der Waals surface area contributed by atoms with Gasteiger partial charge in [-0.2, -0.15) is 0 Å². The molecule has 12 aromatic rings. The van der Waals surface area contributed by atoms with Crippen LogP contribution in [0.3, 0.4) is 0 Å². The molecule has 148 heavy (non-hydrogen) atoms. The van der Waals surface area contributed by atoms with E-state index in [-0.39, 0.29) is 121 Å². The minimum atomic E-state index is -1.93. The molecule has 8 aliphatic heterocycles. The second kappa shape index (κ2) is 45.9. The lowest BCUT2D eigenvalue weighted by atomic mass is 9.84. The van der Waals surface area contributed by atoms with Gasteiger partial charge in [-0.3, -0.25) is 48.4 Å². The minimum absolute atomic E-state index is 0.00179. The predicted molar refractivity (Wildman–Crippen MR) is 555 cm³/mol. The van der Waals surface area contributed by atoms with E-state index in [1.165, 1.54) is 86.7 Å². The molecule has 1 unspecified atom stereocenters. The van der Waals surface area contributed by atoms with Crippen LogP contribution in [0.5, 0.6) is 23.0 Å². The molecule has 12 heterocycles. The minimum Gasteiger partial charge on any atom is -0.492 e. The number of alkyl halides is 3. The van der Waals surface area contributed by atoms with Crippen LogP contribution in [0.25, 0.3) is 43.6 Å². The lowest BCUT2D eigenvalue weighted by Crippen LogP contribution is -2.50. The molecular weight excluding hydrogens is 1920 g/mol. The number of likely N-dealkylation sites (tertiary alicyclic amines) is 4. The number of benzene rings is 8. The molecule has 8 aliphatic rings. The summed E-state index contributed by atoms with van der Waals surface area (Å²) in [6.07, 6.45) is 5.99. The SMILES string of the molecule is CCC1CN(CCOc2cc(F)c([C@@H]3c4[nH]c5c(F)cccc5c4C[C@@H](C)N3CC(C)(C)F)c(F)c2)C1.CCC1CN(CCOc2cc(F)c([C@@H]3c4[nH]c5ccccc5c4C[C@@H](C)N3CC(=O)N(C)C)c(F)c2)C1.CCC1CN(CCOc2cc(F)c([C@@H]3c4[nH]c5ccccc5c4C[C@@H](C)N3CC(C)(F)CO)c(F)c2)C1.C[C@@H]1Cc2c([nH]c3ccccc23)[C@@H](c2c(F)cc(OCCN3CC(CF)C3)cc2F)N1CC(C)(C)CO. The van der Waals surface area contributed by atoms with Crippen LogP contribution in [0.1, 0.15) is 194 Å². The smallest absolute Gasteiger partial charge is 0.236 e. The van der Waals surface area contributed by atoms with Gasteiger partial charge in [0.15, 0.2) is 0 Å². The van der Waals surface area contributed by atoms with E-state index in [9.17, 15) is 28.2 Å². The normalized spacial score (nSPS) is 21.4. The van der Waals surface area contributed by atoms with E-state index in [0.29, 0.717) is 107 Å². The first-order valence-corrected chi connectivity index (χ1v) is 52.5. The molecule has 0 bridgehead atoms. The van der Waals surface area contributed by atoms with Gasteiger partial charge in [0.05, 0.1) is 49.5 Å². The van der Waals surface area contributed by atoms with Gasteiger partial charge in [-0.25, -0.2) is 48.3 Å². The second-order valence-electron chi connectivity index (χ2n) is 44.3. The third kappa shape index (κ3) is 23.7. The van der Waals surface area contributed by atoms with Gasteiger partial charge in [0.25, 0.3) is 0 Å². The Morgan fingerprint density at radius 1 is 0.378 bits per heavy atom. The number of fused-ring (bicyclic) bond motifs is 12. The lowest BCUT2D eigenvalue weighted by molar-refractivity contribution is -0.131. The van der Waals surface area contributed by atoms with Gasteiger partial charge >= 0.3 is 0 Å². The van der Waals surface area contributed by atoms with Crippen molar-refractivity contribution in [3.63, 3.8) is 0 Å². The van der Waals surface area contributed by atoms with E-state index in [0.717, 1.165) is 143 Å². The molecule has 4 aromatic heterocycles. The van der Waals surface area contributed by atoms with Crippen LogP contribution >= 0.6 is 0 Å². The summed E-state index contributed by atoms with van der Waals surface area (Å²) in [7, 11) is 3.38. The maximum Gasteiger partial charge on any atom is 0.236 e. The van der Waals surface area contributed by atoms with Crippen LogP contribution < -0.4 is 18.9 Å². The number of carbonyl (C=O) groups is 1. The molecular formula is C116H143F12N13O7. The number of nitrogens with zero attached hydrogens (tertiary/aromatic N) is 9. The van der Waals surface area contributed by atoms with Crippen molar-refractivity contribution in [2.75, 3.05) is 165 Å². The number of hydrogen-bond acceptors (Lipinski definition) is 15. The lowest BCUT2D eigenvalue weighted by Gasteiger charge is -2.44. The quantitative estimate of drug-likeness (QED) is 0.0209. The summed E-state index contributed by atoms with van der Waals surface area (Å²) in [4.78, 5) is 44.0. The number of aromatic amines is 4. The molecule has 0 radical (unpaired) electrons. The van der Waals surface area contributed by atoms with Crippen molar-refractivity contribution in [2.45, 2.75) is 188 Å². The first-order chi connectivity index (χ1) is 70.7. The summed E-state index contributed by atoms with van der Waals surface area (Å²) in [5, 5.41) is 23.4. The van der Waals surface area contributed by atoms with Crippen molar-refractivity contribution in [1.29, 1.82) is 0 Å². The van der Waals surface area contributed by atoms with Crippen LogP contribution in [0.4, 0.5) is 52.7 Å². The Hall–Kier alpha value is -10.7. The first kappa shape index (κ1) is 109. The monoisotopic (exact) mass is 2060 g/mol. The van der Waals surface area contributed by atoms with E-state index in [1.54, 1.807) is 36.0 Å². The number of aromatic nitrogens is 4. The number of halogens is 12. The number of H-pyrrole nitrogens is 4. The Kier molecular flexibility index (Phi) is 33.7.